The minimum atomic E-state index is -0.269. The molecule has 1 unspecified atom stereocenters. The van der Waals surface area contributed by atoms with Crippen molar-refractivity contribution in [1.29, 1.82) is 0 Å². The summed E-state index contributed by atoms with van der Waals surface area (Å²) < 4.78 is 5.48. The van der Waals surface area contributed by atoms with Crippen LogP contribution in [-0.4, -0.2) is 52.7 Å². The lowest BCUT2D eigenvalue weighted by Gasteiger charge is -2.45. The Morgan fingerprint density at radius 2 is 1.93 bits per heavy atom. The number of ether oxygens (including phenoxy) is 1. The van der Waals surface area contributed by atoms with Gasteiger partial charge in [-0.2, -0.15) is 0 Å². The highest BCUT2D eigenvalue weighted by atomic mass is 16.6. The Labute approximate surface area is 158 Å². The molecule has 0 radical (unpaired) electrons. The van der Waals surface area contributed by atoms with E-state index in [2.05, 4.69) is 58.4 Å². The second-order valence-electron chi connectivity index (χ2n) is 7.70. The predicted molar refractivity (Wildman–Crippen MR) is 105 cm³/mol. The minimum absolute atomic E-state index is 0.167. The molecule has 2 aliphatic rings. The van der Waals surface area contributed by atoms with Crippen LogP contribution < -0.4 is 0 Å². The van der Waals surface area contributed by atoms with E-state index in [1.165, 1.54) is 22.0 Å². The summed E-state index contributed by atoms with van der Waals surface area (Å²) in [5.74, 6) is 0. The van der Waals surface area contributed by atoms with E-state index in [0.29, 0.717) is 6.61 Å². The van der Waals surface area contributed by atoms with Gasteiger partial charge in [0.15, 0.2) is 0 Å². The van der Waals surface area contributed by atoms with Gasteiger partial charge in [-0.3, -0.25) is 9.80 Å². The van der Waals surface area contributed by atoms with Crippen LogP contribution in [-0.2, 0) is 17.7 Å². The van der Waals surface area contributed by atoms with Crippen molar-refractivity contribution in [3.05, 3.63) is 71.9 Å². The maximum absolute atomic E-state index is 12.3. The number of piperazine rings is 1. The van der Waals surface area contributed by atoms with Gasteiger partial charge in [-0.25, -0.2) is 4.79 Å². The average molecular weight is 361 g/mol. The summed E-state index contributed by atoms with van der Waals surface area (Å²) >= 11 is 0. The summed E-state index contributed by atoms with van der Waals surface area (Å²) in [6.07, 6.45) is 2.63. The Morgan fingerprint density at radius 3 is 2.81 bits per heavy atom. The number of carbonyl (C=O) groups is 1. The lowest BCUT2D eigenvalue weighted by Crippen LogP contribution is -2.62. The largest absolute Gasteiger partial charge is 0.447 e. The maximum atomic E-state index is 12.3. The van der Waals surface area contributed by atoms with Gasteiger partial charge in [0.2, 0.25) is 0 Å². The van der Waals surface area contributed by atoms with Crippen LogP contribution in [0.4, 0.5) is 4.79 Å². The number of aromatic nitrogens is 1. The summed E-state index contributed by atoms with van der Waals surface area (Å²) in [7, 11) is 0. The second-order valence-corrected chi connectivity index (χ2v) is 7.70. The molecule has 0 spiro atoms. The van der Waals surface area contributed by atoms with Crippen LogP contribution in [0.1, 0.15) is 11.1 Å². The fourth-order valence-electron chi connectivity index (χ4n) is 4.51. The highest BCUT2D eigenvalue weighted by Gasteiger charge is 2.50. The van der Waals surface area contributed by atoms with Crippen molar-refractivity contribution in [2.75, 3.05) is 26.2 Å². The van der Waals surface area contributed by atoms with Gasteiger partial charge in [-0.1, -0.05) is 36.4 Å². The van der Waals surface area contributed by atoms with E-state index in [4.69, 9.17) is 4.74 Å². The fraction of sp³-hybridized carbons (Fsp3) is 0.318. The number of nitrogens with one attached hydrogen (secondary N) is 1. The first kappa shape index (κ1) is 16.4. The molecule has 2 fully saturated rings. The molecule has 5 heteroatoms. The van der Waals surface area contributed by atoms with Crippen molar-refractivity contribution < 1.29 is 9.53 Å². The Hall–Kier alpha value is -2.79. The van der Waals surface area contributed by atoms with Gasteiger partial charge in [-0.15, -0.1) is 0 Å². The first-order valence-electron chi connectivity index (χ1n) is 9.49. The second kappa shape index (κ2) is 6.43. The molecule has 3 heterocycles. The van der Waals surface area contributed by atoms with Crippen molar-refractivity contribution in [2.24, 2.45) is 0 Å². The van der Waals surface area contributed by atoms with Crippen LogP contribution in [0.25, 0.3) is 10.9 Å². The number of hydrogen-bond acceptors (Lipinski definition) is 3. The molecule has 5 nitrogen and oxygen atoms in total. The SMILES string of the molecule is O=C1OCC2(Cc3ccccc3)CN(Cc3ccc4[nH]ccc4c3)CCN12. The number of H-pyrrole nitrogens is 1. The smallest absolute Gasteiger partial charge is 0.410 e. The zero-order chi connectivity index (χ0) is 18.3. The van der Waals surface area contributed by atoms with E-state index in [9.17, 15) is 4.79 Å². The van der Waals surface area contributed by atoms with Gasteiger partial charge >= 0.3 is 6.09 Å². The number of cyclic esters (lactones) is 1. The van der Waals surface area contributed by atoms with Crippen molar-refractivity contribution >= 4 is 17.0 Å². The Kier molecular flexibility index (Phi) is 3.90. The third-order valence-corrected chi connectivity index (χ3v) is 5.81. The number of nitrogens with zero attached hydrogens (tertiary/aromatic N) is 2. The topological polar surface area (TPSA) is 48.6 Å². The molecule has 1 aromatic heterocycles. The fourth-order valence-corrected chi connectivity index (χ4v) is 4.51. The van der Waals surface area contributed by atoms with E-state index < -0.39 is 0 Å². The number of rotatable bonds is 4. The molecule has 0 saturated carbocycles. The van der Waals surface area contributed by atoms with Crippen LogP contribution in [0.3, 0.4) is 0 Å². The highest BCUT2D eigenvalue weighted by Crippen LogP contribution is 2.33. The van der Waals surface area contributed by atoms with Crippen LogP contribution in [0.15, 0.2) is 60.8 Å². The normalized spacial score (nSPS) is 22.8. The van der Waals surface area contributed by atoms with E-state index in [-0.39, 0.29) is 11.6 Å². The maximum Gasteiger partial charge on any atom is 0.410 e. The predicted octanol–water partition coefficient (Wildman–Crippen LogP) is 3.42. The quantitative estimate of drug-likeness (QED) is 0.775. The lowest BCUT2D eigenvalue weighted by atomic mass is 9.88. The Balaban J connectivity index is 1.38. The number of aromatic amines is 1. The molecule has 1 atom stereocenters. The number of carbonyl (C=O) groups excluding carboxylic acids is 1. The molecule has 2 aromatic carbocycles. The molecule has 3 aromatic rings. The first-order chi connectivity index (χ1) is 13.2. The van der Waals surface area contributed by atoms with E-state index in [1.54, 1.807) is 0 Å². The number of amides is 1. The Morgan fingerprint density at radius 1 is 1.04 bits per heavy atom. The van der Waals surface area contributed by atoms with Gasteiger partial charge in [0, 0.05) is 44.3 Å². The summed E-state index contributed by atoms with van der Waals surface area (Å²) in [6.45, 7) is 3.78. The number of benzene rings is 2. The Bertz CT molecular complexity index is 968. The molecule has 0 bridgehead atoms. The van der Waals surface area contributed by atoms with Crippen LogP contribution in [0.5, 0.6) is 0 Å². The van der Waals surface area contributed by atoms with Crippen LogP contribution >= 0.6 is 0 Å². The number of hydrogen-bond donors (Lipinski definition) is 1. The molecule has 2 aliphatic heterocycles. The summed E-state index contributed by atoms with van der Waals surface area (Å²) in [6, 6.07) is 19.1. The average Bonchev–Trinajstić information content (AvgIpc) is 3.27. The number of fused-ring (bicyclic) bond motifs is 2. The summed E-state index contributed by atoms with van der Waals surface area (Å²) in [5, 5.41) is 1.24. The van der Waals surface area contributed by atoms with E-state index >= 15 is 0 Å². The molecule has 27 heavy (non-hydrogen) atoms. The van der Waals surface area contributed by atoms with Gasteiger partial charge in [0.25, 0.3) is 0 Å². The monoisotopic (exact) mass is 361 g/mol. The van der Waals surface area contributed by atoms with Crippen LogP contribution in [0.2, 0.25) is 0 Å². The van der Waals surface area contributed by atoms with E-state index in [1.807, 2.05) is 17.2 Å². The van der Waals surface area contributed by atoms with Gasteiger partial charge in [0.1, 0.15) is 6.61 Å². The zero-order valence-corrected chi connectivity index (χ0v) is 15.2. The lowest BCUT2D eigenvalue weighted by molar-refractivity contribution is 0.0477. The van der Waals surface area contributed by atoms with Gasteiger partial charge < -0.3 is 9.72 Å². The molecule has 5 rings (SSSR count). The minimum Gasteiger partial charge on any atom is -0.447 e. The zero-order valence-electron chi connectivity index (χ0n) is 15.2. The highest BCUT2D eigenvalue weighted by molar-refractivity contribution is 5.79. The summed E-state index contributed by atoms with van der Waals surface area (Å²) in [4.78, 5) is 19.9. The molecule has 1 N–H and O–H groups in total. The third kappa shape index (κ3) is 2.98. The van der Waals surface area contributed by atoms with Gasteiger partial charge in [-0.05, 0) is 34.7 Å². The molecule has 1 amide bonds. The van der Waals surface area contributed by atoms with Crippen molar-refractivity contribution in [3.8, 4) is 0 Å². The standard InChI is InChI=1S/C22H23N3O2/c26-21-25-11-10-24(14-18-6-7-20-19(12-18)8-9-23-20)15-22(25,16-27-21)13-17-4-2-1-3-5-17/h1-9,12,23H,10-11,13-16H2. The summed E-state index contributed by atoms with van der Waals surface area (Å²) in [5.41, 5.74) is 3.44. The van der Waals surface area contributed by atoms with Gasteiger partial charge in [0.05, 0.1) is 5.54 Å². The van der Waals surface area contributed by atoms with Crippen molar-refractivity contribution in [3.63, 3.8) is 0 Å². The van der Waals surface area contributed by atoms with E-state index in [0.717, 1.165) is 32.6 Å². The first-order valence-corrected chi connectivity index (χ1v) is 9.49. The third-order valence-electron chi connectivity index (χ3n) is 5.81. The molecule has 2 saturated heterocycles. The van der Waals surface area contributed by atoms with Crippen molar-refractivity contribution in [2.45, 2.75) is 18.5 Å². The van der Waals surface area contributed by atoms with Crippen LogP contribution in [0, 0.1) is 0 Å². The molecule has 138 valence electrons. The molecular formula is C22H23N3O2. The van der Waals surface area contributed by atoms with Crippen molar-refractivity contribution in [1.82, 2.24) is 14.8 Å². The molecule has 0 aliphatic carbocycles. The molecular weight excluding hydrogens is 338 g/mol.